The van der Waals surface area contributed by atoms with E-state index in [1.165, 1.54) is 7.11 Å². The topological polar surface area (TPSA) is 88.4 Å². The number of nitriles is 1. The van der Waals surface area contributed by atoms with Crippen molar-refractivity contribution in [1.29, 1.82) is 5.26 Å². The molecule has 1 aliphatic rings. The first-order valence-corrected chi connectivity index (χ1v) is 8.04. The minimum Gasteiger partial charge on any atom is -0.496 e. The quantitative estimate of drug-likeness (QED) is 0.838. The van der Waals surface area contributed by atoms with E-state index in [1.807, 2.05) is 13.0 Å². The molecule has 1 N–H and O–H groups in total. The standard InChI is InChI=1S/C18H22N2O4/c1-13-6-7-15(23-2)14(10-13)17(22)24-11-16(21)20-18(12-19)8-4-3-5-9-18/h6-7,10H,3-5,8-9,11H2,1-2H3,(H,20,21). The van der Waals surface area contributed by atoms with E-state index >= 15 is 0 Å². The second kappa shape index (κ2) is 7.82. The van der Waals surface area contributed by atoms with Gasteiger partial charge < -0.3 is 14.8 Å². The molecule has 2 rings (SSSR count). The minimum atomic E-state index is -0.831. The SMILES string of the molecule is COc1ccc(C)cc1C(=O)OCC(=O)NC1(C#N)CCCCC1. The fourth-order valence-corrected chi connectivity index (χ4v) is 2.91. The first kappa shape index (κ1) is 17.8. The molecular formula is C18H22N2O4. The van der Waals surface area contributed by atoms with Crippen molar-refractivity contribution >= 4 is 11.9 Å². The molecular weight excluding hydrogens is 308 g/mol. The smallest absolute Gasteiger partial charge is 0.342 e. The van der Waals surface area contributed by atoms with Gasteiger partial charge in [-0.05, 0) is 31.9 Å². The van der Waals surface area contributed by atoms with Crippen LogP contribution in [0.15, 0.2) is 18.2 Å². The van der Waals surface area contributed by atoms with Crippen molar-refractivity contribution in [2.24, 2.45) is 0 Å². The molecule has 6 heteroatoms. The predicted molar refractivity (Wildman–Crippen MR) is 87.6 cm³/mol. The van der Waals surface area contributed by atoms with Gasteiger partial charge in [-0.3, -0.25) is 4.79 Å². The lowest BCUT2D eigenvalue weighted by Gasteiger charge is -2.31. The van der Waals surface area contributed by atoms with Crippen LogP contribution in [0, 0.1) is 18.3 Å². The number of hydrogen-bond donors (Lipinski definition) is 1. The van der Waals surface area contributed by atoms with Gasteiger partial charge in [-0.2, -0.15) is 5.26 Å². The van der Waals surface area contributed by atoms with Crippen molar-refractivity contribution in [3.63, 3.8) is 0 Å². The van der Waals surface area contributed by atoms with E-state index in [9.17, 15) is 14.9 Å². The van der Waals surface area contributed by atoms with Crippen LogP contribution < -0.4 is 10.1 Å². The van der Waals surface area contributed by atoms with Crippen molar-refractivity contribution in [3.8, 4) is 11.8 Å². The molecule has 1 aliphatic carbocycles. The average molecular weight is 330 g/mol. The van der Waals surface area contributed by atoms with E-state index in [2.05, 4.69) is 11.4 Å². The van der Waals surface area contributed by atoms with E-state index in [1.54, 1.807) is 12.1 Å². The Morgan fingerprint density at radius 2 is 2.00 bits per heavy atom. The zero-order chi connectivity index (χ0) is 17.6. The fourth-order valence-electron chi connectivity index (χ4n) is 2.91. The number of hydrogen-bond acceptors (Lipinski definition) is 5. The summed E-state index contributed by atoms with van der Waals surface area (Å²) in [6.07, 6.45) is 4.16. The zero-order valence-corrected chi connectivity index (χ0v) is 14.1. The van der Waals surface area contributed by atoms with Crippen molar-refractivity contribution < 1.29 is 19.1 Å². The Hall–Kier alpha value is -2.55. The predicted octanol–water partition coefficient (Wildman–Crippen LogP) is 2.50. The van der Waals surface area contributed by atoms with Crippen molar-refractivity contribution in [3.05, 3.63) is 29.3 Å². The summed E-state index contributed by atoms with van der Waals surface area (Å²) >= 11 is 0. The van der Waals surface area contributed by atoms with Gasteiger partial charge in [-0.1, -0.05) is 30.9 Å². The molecule has 0 bridgehead atoms. The molecule has 128 valence electrons. The lowest BCUT2D eigenvalue weighted by atomic mass is 9.83. The third-order valence-electron chi connectivity index (χ3n) is 4.21. The highest BCUT2D eigenvalue weighted by Gasteiger charge is 2.33. The summed E-state index contributed by atoms with van der Waals surface area (Å²) in [5, 5.41) is 12.1. The maximum Gasteiger partial charge on any atom is 0.342 e. The summed E-state index contributed by atoms with van der Waals surface area (Å²) < 4.78 is 10.2. The van der Waals surface area contributed by atoms with Crippen LogP contribution in [0.2, 0.25) is 0 Å². The molecule has 0 saturated heterocycles. The molecule has 1 aromatic rings. The number of ether oxygens (including phenoxy) is 2. The number of benzene rings is 1. The highest BCUT2D eigenvalue weighted by atomic mass is 16.5. The third kappa shape index (κ3) is 4.25. The molecule has 0 heterocycles. The van der Waals surface area contributed by atoms with Gasteiger partial charge in [0.15, 0.2) is 6.61 Å². The molecule has 0 radical (unpaired) electrons. The molecule has 0 spiro atoms. The van der Waals surface area contributed by atoms with Gasteiger partial charge in [0.2, 0.25) is 0 Å². The molecule has 1 fully saturated rings. The van der Waals surface area contributed by atoms with Gasteiger partial charge in [-0.15, -0.1) is 0 Å². The molecule has 24 heavy (non-hydrogen) atoms. The first-order valence-electron chi connectivity index (χ1n) is 8.04. The van der Waals surface area contributed by atoms with Gasteiger partial charge in [0, 0.05) is 0 Å². The molecule has 1 amide bonds. The van der Waals surface area contributed by atoms with Crippen LogP contribution >= 0.6 is 0 Å². The Balaban J connectivity index is 1.95. The third-order valence-corrected chi connectivity index (χ3v) is 4.21. The minimum absolute atomic E-state index is 0.276. The van der Waals surface area contributed by atoms with Gasteiger partial charge in [0.1, 0.15) is 16.9 Å². The van der Waals surface area contributed by atoms with Crippen LogP contribution in [0.1, 0.15) is 48.0 Å². The molecule has 0 aromatic heterocycles. The zero-order valence-electron chi connectivity index (χ0n) is 14.1. The van der Waals surface area contributed by atoms with E-state index in [0.717, 1.165) is 24.8 Å². The number of rotatable bonds is 5. The summed E-state index contributed by atoms with van der Waals surface area (Å²) in [6.45, 7) is 1.43. The molecule has 6 nitrogen and oxygen atoms in total. The number of carbonyl (C=O) groups excluding carboxylic acids is 2. The summed E-state index contributed by atoms with van der Waals surface area (Å²) in [6, 6.07) is 7.35. The molecule has 1 aromatic carbocycles. The second-order valence-corrected chi connectivity index (χ2v) is 6.08. The maximum absolute atomic E-state index is 12.2. The van der Waals surface area contributed by atoms with Crippen LogP contribution in [-0.4, -0.2) is 31.1 Å². The number of esters is 1. The lowest BCUT2D eigenvalue weighted by molar-refractivity contribution is -0.125. The Bertz CT molecular complexity index is 657. The largest absolute Gasteiger partial charge is 0.496 e. The van der Waals surface area contributed by atoms with E-state index in [0.29, 0.717) is 18.6 Å². The summed E-state index contributed by atoms with van der Waals surface area (Å²) in [7, 11) is 1.47. The van der Waals surface area contributed by atoms with E-state index < -0.39 is 24.0 Å². The number of nitrogens with zero attached hydrogens (tertiary/aromatic N) is 1. The maximum atomic E-state index is 12.2. The van der Waals surface area contributed by atoms with Crippen LogP contribution in [0.3, 0.4) is 0 Å². The summed E-state index contributed by atoms with van der Waals surface area (Å²) in [5.74, 6) is -0.689. The molecule has 0 atom stereocenters. The van der Waals surface area contributed by atoms with Gasteiger partial charge >= 0.3 is 5.97 Å². The summed E-state index contributed by atoms with van der Waals surface area (Å²) in [5.41, 5.74) is 0.332. The lowest BCUT2D eigenvalue weighted by Crippen LogP contribution is -2.50. The normalized spacial score (nSPS) is 15.9. The van der Waals surface area contributed by atoms with Crippen molar-refractivity contribution in [1.82, 2.24) is 5.32 Å². The van der Waals surface area contributed by atoms with Crippen molar-refractivity contribution in [2.75, 3.05) is 13.7 Å². The highest BCUT2D eigenvalue weighted by Crippen LogP contribution is 2.27. The fraction of sp³-hybridized carbons (Fsp3) is 0.500. The monoisotopic (exact) mass is 330 g/mol. The van der Waals surface area contributed by atoms with Crippen LogP contribution in [0.25, 0.3) is 0 Å². The second-order valence-electron chi connectivity index (χ2n) is 6.08. The van der Waals surface area contributed by atoms with Gasteiger partial charge in [-0.25, -0.2) is 4.79 Å². The first-order chi connectivity index (χ1) is 11.5. The van der Waals surface area contributed by atoms with Crippen LogP contribution in [-0.2, 0) is 9.53 Å². The Labute approximate surface area is 141 Å². The molecule has 0 aliphatic heterocycles. The number of aryl methyl sites for hydroxylation is 1. The van der Waals surface area contributed by atoms with Crippen LogP contribution in [0.5, 0.6) is 5.75 Å². The number of amides is 1. The summed E-state index contributed by atoms with van der Waals surface area (Å²) in [4.78, 5) is 24.2. The molecule has 1 saturated carbocycles. The Morgan fingerprint density at radius 1 is 1.29 bits per heavy atom. The number of carbonyl (C=O) groups is 2. The van der Waals surface area contributed by atoms with E-state index in [4.69, 9.17) is 9.47 Å². The average Bonchev–Trinajstić information content (AvgIpc) is 2.60. The number of nitrogens with one attached hydrogen (secondary N) is 1. The number of methoxy groups -OCH3 is 1. The molecule has 0 unspecified atom stereocenters. The highest BCUT2D eigenvalue weighted by molar-refractivity contribution is 5.94. The van der Waals surface area contributed by atoms with Gasteiger partial charge in [0.05, 0.1) is 13.2 Å². The van der Waals surface area contributed by atoms with Crippen LogP contribution in [0.4, 0.5) is 0 Å². The van der Waals surface area contributed by atoms with E-state index in [-0.39, 0.29) is 5.56 Å². The Kier molecular flexibility index (Phi) is 5.80. The van der Waals surface area contributed by atoms with Crippen molar-refractivity contribution in [2.45, 2.75) is 44.6 Å². The van der Waals surface area contributed by atoms with Gasteiger partial charge in [0.25, 0.3) is 5.91 Å². The Morgan fingerprint density at radius 3 is 2.62 bits per heavy atom.